The quantitative estimate of drug-likeness (QED) is 0.853. The van der Waals surface area contributed by atoms with Gasteiger partial charge in [0.25, 0.3) is 0 Å². The highest BCUT2D eigenvalue weighted by atomic mass is 32.1. The number of thiophene rings is 1. The zero-order chi connectivity index (χ0) is 10.9. The number of rotatable bonds is 4. The summed E-state index contributed by atoms with van der Waals surface area (Å²) in [5, 5.41) is 2.18. The van der Waals surface area contributed by atoms with Crippen molar-refractivity contribution in [3.63, 3.8) is 0 Å². The maximum atomic E-state index is 5.71. The molecule has 1 aromatic heterocycles. The van der Waals surface area contributed by atoms with E-state index in [0.29, 0.717) is 5.92 Å². The van der Waals surface area contributed by atoms with Gasteiger partial charge in [-0.25, -0.2) is 0 Å². The average molecular weight is 225 g/mol. The van der Waals surface area contributed by atoms with Crippen LogP contribution < -0.4 is 5.73 Å². The third-order valence-electron chi connectivity index (χ3n) is 3.24. The standard InChI is InChI=1S/C12H19NOS/c1-9(6-13)5-12(7-14-8-12)11-10(2)3-4-15-11/h3-4,9H,5-8,13H2,1-2H3. The largest absolute Gasteiger partial charge is 0.379 e. The second-order valence-corrected chi connectivity index (χ2v) is 5.67. The molecule has 0 amide bonds. The molecule has 2 N–H and O–H groups in total. The fourth-order valence-electron chi connectivity index (χ4n) is 2.36. The van der Waals surface area contributed by atoms with E-state index in [0.717, 1.165) is 26.2 Å². The fourth-order valence-corrected chi connectivity index (χ4v) is 3.47. The Kier molecular flexibility index (Phi) is 3.14. The van der Waals surface area contributed by atoms with Gasteiger partial charge in [-0.15, -0.1) is 11.3 Å². The summed E-state index contributed by atoms with van der Waals surface area (Å²) < 4.78 is 5.43. The predicted octanol–water partition coefficient (Wildman–Crippen LogP) is 2.31. The zero-order valence-electron chi connectivity index (χ0n) is 9.45. The van der Waals surface area contributed by atoms with Gasteiger partial charge in [0.05, 0.1) is 18.6 Å². The van der Waals surface area contributed by atoms with E-state index in [9.17, 15) is 0 Å². The van der Waals surface area contributed by atoms with Gasteiger partial charge in [0, 0.05) is 4.88 Å². The van der Waals surface area contributed by atoms with Crippen molar-refractivity contribution in [2.45, 2.75) is 25.7 Å². The summed E-state index contributed by atoms with van der Waals surface area (Å²) >= 11 is 1.86. The van der Waals surface area contributed by atoms with Crippen molar-refractivity contribution in [2.24, 2.45) is 11.7 Å². The molecule has 1 aliphatic rings. The molecule has 2 nitrogen and oxygen atoms in total. The number of aryl methyl sites for hydroxylation is 1. The van der Waals surface area contributed by atoms with Crippen LogP contribution >= 0.6 is 11.3 Å². The maximum Gasteiger partial charge on any atom is 0.0593 e. The van der Waals surface area contributed by atoms with Gasteiger partial charge in [-0.1, -0.05) is 6.92 Å². The molecular formula is C12H19NOS. The van der Waals surface area contributed by atoms with E-state index in [1.54, 1.807) is 0 Å². The molecule has 1 fully saturated rings. The summed E-state index contributed by atoms with van der Waals surface area (Å²) in [5.74, 6) is 0.579. The Labute approximate surface area is 95.4 Å². The minimum Gasteiger partial charge on any atom is -0.379 e. The van der Waals surface area contributed by atoms with Crippen LogP contribution in [0, 0.1) is 12.8 Å². The summed E-state index contributed by atoms with van der Waals surface area (Å²) in [7, 11) is 0. The van der Waals surface area contributed by atoms with Gasteiger partial charge in [0.15, 0.2) is 0 Å². The normalized spacial score (nSPS) is 21.0. The lowest BCUT2D eigenvalue weighted by molar-refractivity contribution is -0.0685. The molecule has 84 valence electrons. The highest BCUT2D eigenvalue weighted by Gasteiger charge is 2.42. The van der Waals surface area contributed by atoms with E-state index in [2.05, 4.69) is 25.3 Å². The molecule has 0 bridgehead atoms. The van der Waals surface area contributed by atoms with E-state index < -0.39 is 0 Å². The Morgan fingerprint density at radius 2 is 2.33 bits per heavy atom. The van der Waals surface area contributed by atoms with E-state index in [4.69, 9.17) is 10.5 Å². The summed E-state index contributed by atoms with van der Waals surface area (Å²) in [6, 6.07) is 2.20. The van der Waals surface area contributed by atoms with Crippen LogP contribution in [0.5, 0.6) is 0 Å². The molecular weight excluding hydrogens is 206 g/mol. The first-order valence-corrected chi connectivity index (χ1v) is 6.38. The monoisotopic (exact) mass is 225 g/mol. The Morgan fingerprint density at radius 1 is 1.60 bits per heavy atom. The molecule has 1 aliphatic heterocycles. The number of nitrogens with two attached hydrogens (primary N) is 1. The van der Waals surface area contributed by atoms with Gasteiger partial charge in [0.1, 0.15) is 0 Å². The first kappa shape index (κ1) is 11.1. The van der Waals surface area contributed by atoms with Crippen LogP contribution in [0.1, 0.15) is 23.8 Å². The minimum absolute atomic E-state index is 0.275. The molecule has 0 radical (unpaired) electrons. The average Bonchev–Trinajstić information content (AvgIpc) is 2.58. The van der Waals surface area contributed by atoms with Gasteiger partial charge < -0.3 is 10.5 Å². The van der Waals surface area contributed by atoms with E-state index >= 15 is 0 Å². The number of ether oxygens (including phenoxy) is 1. The lowest BCUT2D eigenvalue weighted by Gasteiger charge is -2.43. The van der Waals surface area contributed by atoms with Crippen LogP contribution in [0.3, 0.4) is 0 Å². The van der Waals surface area contributed by atoms with Crippen molar-refractivity contribution in [1.29, 1.82) is 0 Å². The SMILES string of the molecule is Cc1ccsc1C1(CC(C)CN)COC1. The lowest BCUT2D eigenvalue weighted by Crippen LogP contribution is -2.48. The van der Waals surface area contributed by atoms with Gasteiger partial charge in [-0.2, -0.15) is 0 Å². The highest BCUT2D eigenvalue weighted by molar-refractivity contribution is 7.10. The number of hydrogen-bond donors (Lipinski definition) is 1. The van der Waals surface area contributed by atoms with Gasteiger partial charge in [0.2, 0.25) is 0 Å². The van der Waals surface area contributed by atoms with Crippen LogP contribution in [-0.2, 0) is 10.2 Å². The Balaban J connectivity index is 2.19. The second kappa shape index (κ2) is 4.24. The lowest BCUT2D eigenvalue weighted by atomic mass is 9.75. The molecule has 1 atom stereocenters. The molecule has 0 spiro atoms. The number of hydrogen-bond acceptors (Lipinski definition) is 3. The first-order valence-electron chi connectivity index (χ1n) is 5.50. The molecule has 15 heavy (non-hydrogen) atoms. The molecule has 2 heterocycles. The molecule has 2 rings (SSSR count). The van der Waals surface area contributed by atoms with Crippen LogP contribution in [0.15, 0.2) is 11.4 Å². The predicted molar refractivity (Wildman–Crippen MR) is 64.4 cm³/mol. The second-order valence-electron chi connectivity index (χ2n) is 4.75. The topological polar surface area (TPSA) is 35.2 Å². The van der Waals surface area contributed by atoms with Crippen molar-refractivity contribution in [1.82, 2.24) is 0 Å². The van der Waals surface area contributed by atoms with Crippen LogP contribution in [-0.4, -0.2) is 19.8 Å². The summed E-state index contributed by atoms with van der Waals surface area (Å²) in [6.45, 7) is 6.94. The molecule has 1 aromatic rings. The van der Waals surface area contributed by atoms with Crippen molar-refractivity contribution >= 4 is 11.3 Å². The molecule has 0 aliphatic carbocycles. The third kappa shape index (κ3) is 1.96. The van der Waals surface area contributed by atoms with Crippen molar-refractivity contribution in [2.75, 3.05) is 19.8 Å². The van der Waals surface area contributed by atoms with Crippen LogP contribution in [0.25, 0.3) is 0 Å². The first-order chi connectivity index (χ1) is 7.18. The van der Waals surface area contributed by atoms with Gasteiger partial charge >= 0.3 is 0 Å². The molecule has 0 saturated carbocycles. The van der Waals surface area contributed by atoms with Crippen molar-refractivity contribution in [3.8, 4) is 0 Å². The molecule has 0 aromatic carbocycles. The molecule has 3 heteroatoms. The molecule has 1 saturated heterocycles. The van der Waals surface area contributed by atoms with Crippen LogP contribution in [0.4, 0.5) is 0 Å². The Bertz CT molecular complexity index is 330. The third-order valence-corrected chi connectivity index (χ3v) is 4.50. The van der Waals surface area contributed by atoms with Gasteiger partial charge in [-0.05, 0) is 42.8 Å². The molecule has 1 unspecified atom stereocenters. The minimum atomic E-state index is 0.275. The summed E-state index contributed by atoms with van der Waals surface area (Å²) in [4.78, 5) is 1.51. The zero-order valence-corrected chi connectivity index (χ0v) is 10.3. The van der Waals surface area contributed by atoms with E-state index in [1.165, 1.54) is 10.4 Å². The van der Waals surface area contributed by atoms with Gasteiger partial charge in [-0.3, -0.25) is 0 Å². The highest BCUT2D eigenvalue weighted by Crippen LogP contribution is 2.42. The van der Waals surface area contributed by atoms with E-state index in [1.807, 2.05) is 11.3 Å². The summed E-state index contributed by atoms with van der Waals surface area (Å²) in [6.07, 6.45) is 1.16. The van der Waals surface area contributed by atoms with Crippen molar-refractivity contribution < 1.29 is 4.74 Å². The fraction of sp³-hybridized carbons (Fsp3) is 0.667. The Morgan fingerprint density at radius 3 is 2.73 bits per heavy atom. The van der Waals surface area contributed by atoms with Crippen LogP contribution in [0.2, 0.25) is 0 Å². The summed E-state index contributed by atoms with van der Waals surface area (Å²) in [5.41, 5.74) is 7.40. The Hall–Kier alpha value is -0.380. The maximum absolute atomic E-state index is 5.71. The van der Waals surface area contributed by atoms with E-state index in [-0.39, 0.29) is 5.41 Å². The van der Waals surface area contributed by atoms with Crippen molar-refractivity contribution in [3.05, 3.63) is 21.9 Å². The smallest absolute Gasteiger partial charge is 0.0593 e.